The van der Waals surface area contributed by atoms with Crippen LogP contribution in [0.3, 0.4) is 0 Å². The molecule has 0 radical (unpaired) electrons. The molecule has 0 unspecified atom stereocenters. The fourth-order valence-electron chi connectivity index (χ4n) is 1.60. The Labute approximate surface area is 117 Å². The molecule has 0 aliphatic heterocycles. The largest absolute Gasteiger partial charge is 0.379 e. The Morgan fingerprint density at radius 3 is 2.85 bits per heavy atom. The van der Waals surface area contributed by atoms with Crippen LogP contribution in [0.2, 0.25) is 0 Å². The zero-order valence-corrected chi connectivity index (χ0v) is 11.2. The van der Waals surface area contributed by atoms with E-state index < -0.39 is 0 Å². The molecule has 1 amide bonds. The Morgan fingerprint density at radius 2 is 2.15 bits per heavy atom. The molecular formula is C13H19N5O2. The van der Waals surface area contributed by atoms with Crippen LogP contribution >= 0.6 is 0 Å². The fourth-order valence-corrected chi connectivity index (χ4v) is 1.60. The van der Waals surface area contributed by atoms with Crippen LogP contribution in [0.5, 0.6) is 0 Å². The molecule has 20 heavy (non-hydrogen) atoms. The molecule has 0 aliphatic carbocycles. The SMILES string of the molecule is [N-]=[N+]=NCCOCCNC(=O)C[C@H](N)c1ccccc1. The van der Waals surface area contributed by atoms with Crippen LogP contribution in [-0.4, -0.2) is 32.2 Å². The lowest BCUT2D eigenvalue weighted by Gasteiger charge is -2.12. The first-order valence-electron chi connectivity index (χ1n) is 6.40. The molecule has 3 N–H and O–H groups in total. The number of azide groups is 1. The number of benzene rings is 1. The Morgan fingerprint density at radius 1 is 1.40 bits per heavy atom. The molecule has 1 aromatic carbocycles. The molecule has 108 valence electrons. The average Bonchev–Trinajstić information content (AvgIpc) is 2.47. The second-order valence-corrected chi connectivity index (χ2v) is 4.14. The van der Waals surface area contributed by atoms with E-state index in [1.54, 1.807) is 0 Å². The van der Waals surface area contributed by atoms with Gasteiger partial charge >= 0.3 is 0 Å². The number of amides is 1. The highest BCUT2D eigenvalue weighted by Gasteiger charge is 2.10. The van der Waals surface area contributed by atoms with Crippen molar-refractivity contribution in [1.29, 1.82) is 0 Å². The van der Waals surface area contributed by atoms with Gasteiger partial charge in [0, 0.05) is 30.5 Å². The molecule has 1 atom stereocenters. The van der Waals surface area contributed by atoms with E-state index in [1.165, 1.54) is 0 Å². The third kappa shape index (κ3) is 6.75. The molecule has 0 saturated carbocycles. The molecular weight excluding hydrogens is 258 g/mol. The van der Waals surface area contributed by atoms with Crippen molar-refractivity contribution < 1.29 is 9.53 Å². The van der Waals surface area contributed by atoms with Crippen molar-refractivity contribution in [2.75, 3.05) is 26.3 Å². The summed E-state index contributed by atoms with van der Waals surface area (Å²) in [4.78, 5) is 14.3. The molecule has 0 aliphatic rings. The van der Waals surface area contributed by atoms with Crippen molar-refractivity contribution in [3.8, 4) is 0 Å². The van der Waals surface area contributed by atoms with E-state index in [0.29, 0.717) is 26.3 Å². The Bertz CT molecular complexity index is 445. The molecule has 1 aromatic rings. The van der Waals surface area contributed by atoms with Crippen LogP contribution in [0.15, 0.2) is 35.4 Å². The number of rotatable bonds is 9. The van der Waals surface area contributed by atoms with Gasteiger partial charge in [-0.2, -0.15) is 0 Å². The molecule has 0 bridgehead atoms. The predicted molar refractivity (Wildman–Crippen MR) is 75.8 cm³/mol. The van der Waals surface area contributed by atoms with Gasteiger partial charge in [-0.1, -0.05) is 35.4 Å². The highest BCUT2D eigenvalue weighted by molar-refractivity contribution is 5.76. The lowest BCUT2D eigenvalue weighted by atomic mass is 10.0. The summed E-state index contributed by atoms with van der Waals surface area (Å²) in [7, 11) is 0. The summed E-state index contributed by atoms with van der Waals surface area (Å²) >= 11 is 0. The highest BCUT2D eigenvalue weighted by Crippen LogP contribution is 2.12. The van der Waals surface area contributed by atoms with Gasteiger partial charge in [-0.25, -0.2) is 0 Å². The summed E-state index contributed by atoms with van der Waals surface area (Å²) in [6.07, 6.45) is 0.239. The van der Waals surface area contributed by atoms with E-state index in [1.807, 2.05) is 30.3 Å². The molecule has 1 rings (SSSR count). The van der Waals surface area contributed by atoms with Crippen molar-refractivity contribution in [3.05, 3.63) is 46.3 Å². The topological polar surface area (TPSA) is 113 Å². The van der Waals surface area contributed by atoms with E-state index in [2.05, 4.69) is 15.3 Å². The molecule has 7 heteroatoms. The first kappa shape index (κ1) is 16.0. The maximum Gasteiger partial charge on any atom is 0.221 e. The van der Waals surface area contributed by atoms with Crippen LogP contribution in [0.1, 0.15) is 18.0 Å². The number of carbonyl (C=O) groups is 1. The molecule has 0 aromatic heterocycles. The quantitative estimate of drug-likeness (QED) is 0.308. The number of ether oxygens (including phenoxy) is 1. The molecule has 0 saturated heterocycles. The monoisotopic (exact) mass is 277 g/mol. The van der Waals surface area contributed by atoms with Gasteiger partial charge < -0.3 is 15.8 Å². The Hall–Kier alpha value is -2.08. The number of hydrogen-bond donors (Lipinski definition) is 2. The number of nitrogens with two attached hydrogens (primary N) is 1. The summed E-state index contributed by atoms with van der Waals surface area (Å²) in [5.41, 5.74) is 14.9. The van der Waals surface area contributed by atoms with Gasteiger partial charge in [0.05, 0.1) is 13.2 Å². The van der Waals surface area contributed by atoms with E-state index in [4.69, 9.17) is 16.0 Å². The first-order valence-corrected chi connectivity index (χ1v) is 6.40. The normalized spacial score (nSPS) is 11.4. The van der Waals surface area contributed by atoms with Gasteiger partial charge in [-0.05, 0) is 11.1 Å². The van der Waals surface area contributed by atoms with Crippen molar-refractivity contribution in [3.63, 3.8) is 0 Å². The summed E-state index contributed by atoms with van der Waals surface area (Å²) in [5.74, 6) is -0.111. The van der Waals surface area contributed by atoms with E-state index >= 15 is 0 Å². The minimum atomic E-state index is -0.304. The average molecular weight is 277 g/mol. The van der Waals surface area contributed by atoms with Crippen molar-refractivity contribution in [1.82, 2.24) is 5.32 Å². The van der Waals surface area contributed by atoms with Gasteiger partial charge in [0.25, 0.3) is 0 Å². The number of nitrogens with zero attached hydrogens (tertiary/aromatic N) is 3. The van der Waals surface area contributed by atoms with Crippen molar-refractivity contribution in [2.24, 2.45) is 10.8 Å². The minimum Gasteiger partial charge on any atom is -0.379 e. The van der Waals surface area contributed by atoms with Crippen LogP contribution in [0, 0.1) is 0 Å². The van der Waals surface area contributed by atoms with Crippen LogP contribution < -0.4 is 11.1 Å². The number of nitrogens with one attached hydrogen (secondary N) is 1. The third-order valence-electron chi connectivity index (χ3n) is 2.60. The molecule has 0 heterocycles. The standard InChI is InChI=1S/C13H19N5O2/c14-12(11-4-2-1-3-5-11)10-13(19)16-6-8-20-9-7-17-18-15/h1-5,12H,6-10,14H2,(H,16,19)/t12-/m0/s1. The zero-order chi connectivity index (χ0) is 14.6. The lowest BCUT2D eigenvalue weighted by molar-refractivity contribution is -0.121. The van der Waals surface area contributed by atoms with Crippen molar-refractivity contribution >= 4 is 5.91 Å². The maximum absolute atomic E-state index is 11.6. The Balaban J connectivity index is 2.13. The Kier molecular flexibility index (Phi) is 7.83. The van der Waals surface area contributed by atoms with E-state index in [9.17, 15) is 4.79 Å². The van der Waals surface area contributed by atoms with Gasteiger partial charge in [0.1, 0.15) is 0 Å². The smallest absolute Gasteiger partial charge is 0.221 e. The number of carbonyl (C=O) groups excluding carboxylic acids is 1. The zero-order valence-electron chi connectivity index (χ0n) is 11.2. The van der Waals surface area contributed by atoms with Gasteiger partial charge in [0.15, 0.2) is 0 Å². The first-order chi connectivity index (χ1) is 9.74. The molecule has 0 fully saturated rings. The van der Waals surface area contributed by atoms with E-state index in [-0.39, 0.29) is 18.4 Å². The second-order valence-electron chi connectivity index (χ2n) is 4.14. The third-order valence-corrected chi connectivity index (χ3v) is 2.60. The van der Waals surface area contributed by atoms with Crippen LogP contribution in [0.4, 0.5) is 0 Å². The molecule has 7 nitrogen and oxygen atoms in total. The molecule has 0 spiro atoms. The summed E-state index contributed by atoms with van der Waals surface area (Å²) in [5, 5.41) is 6.06. The number of hydrogen-bond acceptors (Lipinski definition) is 4. The van der Waals surface area contributed by atoms with Crippen molar-refractivity contribution in [2.45, 2.75) is 12.5 Å². The van der Waals surface area contributed by atoms with Gasteiger partial charge in [-0.15, -0.1) is 0 Å². The van der Waals surface area contributed by atoms with Gasteiger partial charge in [0.2, 0.25) is 5.91 Å². The predicted octanol–water partition coefficient (Wildman–Crippen LogP) is 1.52. The van der Waals surface area contributed by atoms with Crippen LogP contribution in [-0.2, 0) is 9.53 Å². The second kappa shape index (κ2) is 9.80. The van der Waals surface area contributed by atoms with Gasteiger partial charge in [-0.3, -0.25) is 4.79 Å². The highest BCUT2D eigenvalue weighted by atomic mass is 16.5. The summed E-state index contributed by atoms with van der Waals surface area (Å²) < 4.78 is 5.16. The summed E-state index contributed by atoms with van der Waals surface area (Å²) in [6.45, 7) is 1.44. The lowest BCUT2D eigenvalue weighted by Crippen LogP contribution is -2.30. The fraction of sp³-hybridized carbons (Fsp3) is 0.462. The van der Waals surface area contributed by atoms with Crippen LogP contribution in [0.25, 0.3) is 10.4 Å². The minimum absolute atomic E-state index is 0.111. The summed E-state index contributed by atoms with van der Waals surface area (Å²) in [6, 6.07) is 9.19. The maximum atomic E-state index is 11.6. The van der Waals surface area contributed by atoms with E-state index in [0.717, 1.165) is 5.56 Å².